The molecule has 2 heterocycles. The second-order valence-electron chi connectivity index (χ2n) is 4.97. The summed E-state index contributed by atoms with van der Waals surface area (Å²) in [5.41, 5.74) is 2.93. The lowest BCUT2D eigenvalue weighted by Crippen LogP contribution is -2.25. The highest BCUT2D eigenvalue weighted by Crippen LogP contribution is 2.16. The molecular weight excluding hydrogens is 278 g/mol. The summed E-state index contributed by atoms with van der Waals surface area (Å²) in [5.74, 6) is 0.613. The fourth-order valence-corrected chi connectivity index (χ4v) is 2.30. The molecule has 0 saturated heterocycles. The Bertz CT molecular complexity index is 683. The number of carbonyl (C=O) groups is 1. The lowest BCUT2D eigenvalue weighted by atomic mass is 10.1. The Morgan fingerprint density at radius 2 is 2.00 bits per heavy atom. The molecule has 0 saturated carbocycles. The molecule has 0 spiro atoms. The van der Waals surface area contributed by atoms with Crippen molar-refractivity contribution >= 4 is 11.8 Å². The monoisotopic (exact) mass is 295 g/mol. The first-order valence-corrected chi connectivity index (χ1v) is 7.28. The maximum atomic E-state index is 11.7. The van der Waals surface area contributed by atoms with Gasteiger partial charge in [-0.1, -0.05) is 24.3 Å². The fraction of sp³-hybridized carbons (Fsp3) is 0.235. The number of hydrogen-bond donors (Lipinski definition) is 1. The normalized spacial score (nSPS) is 12.5. The van der Waals surface area contributed by atoms with Crippen LogP contribution >= 0.6 is 0 Å². The zero-order chi connectivity index (χ0) is 15.2. The number of ether oxygens (including phenoxy) is 1. The van der Waals surface area contributed by atoms with Gasteiger partial charge in [-0.05, 0) is 24.1 Å². The van der Waals surface area contributed by atoms with Gasteiger partial charge in [0.1, 0.15) is 5.84 Å². The van der Waals surface area contributed by atoms with E-state index in [2.05, 4.69) is 27.4 Å². The maximum absolute atomic E-state index is 11.7. The fourth-order valence-electron chi connectivity index (χ4n) is 2.30. The predicted molar refractivity (Wildman–Crippen MR) is 83.8 cm³/mol. The van der Waals surface area contributed by atoms with E-state index in [0.717, 1.165) is 30.9 Å². The number of nitrogens with one attached hydrogen (secondary N) is 1. The zero-order valence-electron chi connectivity index (χ0n) is 12.2. The first-order chi connectivity index (χ1) is 10.8. The molecule has 1 aliphatic rings. The molecule has 0 amide bonds. The van der Waals surface area contributed by atoms with E-state index in [1.807, 2.05) is 12.1 Å². The van der Waals surface area contributed by atoms with Crippen LogP contribution < -0.4 is 5.32 Å². The molecule has 112 valence electrons. The molecule has 1 N–H and O–H groups in total. The molecule has 0 fully saturated rings. The highest BCUT2D eigenvalue weighted by Gasteiger charge is 2.14. The second-order valence-corrected chi connectivity index (χ2v) is 4.97. The van der Waals surface area contributed by atoms with E-state index in [1.54, 1.807) is 24.5 Å². The smallest absolute Gasteiger partial charge is 0.338 e. The lowest BCUT2D eigenvalue weighted by molar-refractivity contribution is 0.0501. The van der Waals surface area contributed by atoms with Gasteiger partial charge in [0.25, 0.3) is 0 Å². The number of carbonyl (C=O) groups excluding carboxylic acids is 1. The van der Waals surface area contributed by atoms with Crippen molar-refractivity contribution in [2.24, 2.45) is 4.99 Å². The van der Waals surface area contributed by atoms with Gasteiger partial charge >= 0.3 is 5.97 Å². The SMILES string of the molecule is O=C(OCCCNC1=NCc2ccccc21)c1ccncc1. The van der Waals surface area contributed by atoms with Gasteiger partial charge in [-0.2, -0.15) is 0 Å². The topological polar surface area (TPSA) is 63.6 Å². The van der Waals surface area contributed by atoms with Crippen molar-refractivity contribution in [2.75, 3.05) is 13.2 Å². The third-order valence-corrected chi connectivity index (χ3v) is 3.44. The van der Waals surface area contributed by atoms with Gasteiger partial charge in [0.15, 0.2) is 0 Å². The summed E-state index contributed by atoms with van der Waals surface area (Å²) in [6.45, 7) is 1.83. The van der Waals surface area contributed by atoms with Gasteiger partial charge in [0.2, 0.25) is 0 Å². The van der Waals surface area contributed by atoms with Crippen molar-refractivity contribution in [3.63, 3.8) is 0 Å². The van der Waals surface area contributed by atoms with Crippen LogP contribution in [0, 0.1) is 0 Å². The Kier molecular flexibility index (Phi) is 4.44. The van der Waals surface area contributed by atoms with Crippen molar-refractivity contribution in [3.8, 4) is 0 Å². The van der Waals surface area contributed by atoms with Crippen LogP contribution in [-0.4, -0.2) is 29.9 Å². The maximum Gasteiger partial charge on any atom is 0.338 e. The van der Waals surface area contributed by atoms with Gasteiger partial charge in [-0.15, -0.1) is 0 Å². The van der Waals surface area contributed by atoms with Crippen molar-refractivity contribution in [3.05, 3.63) is 65.5 Å². The van der Waals surface area contributed by atoms with Crippen LogP contribution in [0.5, 0.6) is 0 Å². The average molecular weight is 295 g/mol. The van der Waals surface area contributed by atoms with E-state index in [9.17, 15) is 4.79 Å². The molecule has 3 rings (SSSR count). The molecule has 1 aromatic heterocycles. The summed E-state index contributed by atoms with van der Waals surface area (Å²) in [5, 5.41) is 3.30. The molecule has 0 radical (unpaired) electrons. The van der Waals surface area contributed by atoms with Gasteiger partial charge in [-0.25, -0.2) is 4.79 Å². The molecule has 0 aliphatic carbocycles. The zero-order valence-corrected chi connectivity index (χ0v) is 12.2. The number of hydrogen-bond acceptors (Lipinski definition) is 5. The molecule has 1 aliphatic heterocycles. The first-order valence-electron chi connectivity index (χ1n) is 7.28. The minimum atomic E-state index is -0.314. The van der Waals surface area contributed by atoms with Gasteiger partial charge in [0, 0.05) is 24.5 Å². The van der Waals surface area contributed by atoms with Crippen molar-refractivity contribution in [1.29, 1.82) is 0 Å². The van der Waals surface area contributed by atoms with Crippen LogP contribution in [0.25, 0.3) is 0 Å². The summed E-state index contributed by atoms with van der Waals surface area (Å²) in [6.07, 6.45) is 3.89. The molecule has 22 heavy (non-hydrogen) atoms. The third-order valence-electron chi connectivity index (χ3n) is 3.44. The van der Waals surface area contributed by atoms with E-state index < -0.39 is 0 Å². The summed E-state index contributed by atoms with van der Waals surface area (Å²) in [6, 6.07) is 11.5. The average Bonchev–Trinajstić information content (AvgIpc) is 2.98. The van der Waals surface area contributed by atoms with Crippen LogP contribution in [0.4, 0.5) is 0 Å². The molecule has 0 unspecified atom stereocenters. The molecule has 1 aromatic carbocycles. The van der Waals surface area contributed by atoms with Gasteiger partial charge in [0.05, 0.1) is 18.7 Å². The molecule has 0 atom stereocenters. The number of aliphatic imine (C=N–C) groups is 1. The van der Waals surface area contributed by atoms with Gasteiger partial charge < -0.3 is 10.1 Å². The summed E-state index contributed by atoms with van der Waals surface area (Å²) < 4.78 is 5.22. The first kappa shape index (κ1) is 14.3. The van der Waals surface area contributed by atoms with Crippen LogP contribution in [-0.2, 0) is 11.3 Å². The number of pyridine rings is 1. The van der Waals surface area contributed by atoms with Crippen LogP contribution in [0.3, 0.4) is 0 Å². The molecular formula is C17H17N3O2. The molecule has 2 aromatic rings. The summed E-state index contributed by atoms with van der Waals surface area (Å²) >= 11 is 0. The van der Waals surface area contributed by atoms with E-state index in [1.165, 1.54) is 5.56 Å². The Hall–Kier alpha value is -2.69. The van der Waals surface area contributed by atoms with Crippen molar-refractivity contribution < 1.29 is 9.53 Å². The Labute approximate surface area is 129 Å². The summed E-state index contributed by atoms with van der Waals surface area (Å²) in [4.78, 5) is 20.1. The standard InChI is InChI=1S/C17H17N3O2/c21-17(13-6-9-18-10-7-13)22-11-3-8-19-16-15-5-2-1-4-14(15)12-20-16/h1-2,4-7,9-10H,3,8,11-12H2,(H,19,20). The Morgan fingerprint density at radius 1 is 1.18 bits per heavy atom. The molecule has 5 nitrogen and oxygen atoms in total. The Balaban J connectivity index is 1.39. The van der Waals surface area contributed by atoms with Crippen molar-refractivity contribution in [1.82, 2.24) is 10.3 Å². The lowest BCUT2D eigenvalue weighted by Gasteiger charge is -2.08. The van der Waals surface area contributed by atoms with E-state index in [4.69, 9.17) is 4.74 Å². The number of rotatable bonds is 5. The highest BCUT2D eigenvalue weighted by molar-refractivity contribution is 6.01. The number of amidine groups is 1. The number of nitrogens with zero attached hydrogens (tertiary/aromatic N) is 2. The number of esters is 1. The number of aromatic nitrogens is 1. The van der Waals surface area contributed by atoms with Crippen molar-refractivity contribution in [2.45, 2.75) is 13.0 Å². The second kappa shape index (κ2) is 6.85. The van der Waals surface area contributed by atoms with E-state index >= 15 is 0 Å². The Morgan fingerprint density at radius 3 is 2.86 bits per heavy atom. The van der Waals surface area contributed by atoms with Crippen LogP contribution in [0.15, 0.2) is 53.8 Å². The quantitative estimate of drug-likeness (QED) is 0.678. The van der Waals surface area contributed by atoms with Crippen LogP contribution in [0.2, 0.25) is 0 Å². The highest BCUT2D eigenvalue weighted by atomic mass is 16.5. The van der Waals surface area contributed by atoms with Gasteiger partial charge in [-0.3, -0.25) is 9.98 Å². The number of benzene rings is 1. The van der Waals surface area contributed by atoms with E-state index in [0.29, 0.717) is 12.2 Å². The molecule has 0 bridgehead atoms. The number of fused-ring (bicyclic) bond motifs is 1. The minimum absolute atomic E-state index is 0.314. The largest absolute Gasteiger partial charge is 0.462 e. The molecule has 5 heteroatoms. The van der Waals surface area contributed by atoms with E-state index in [-0.39, 0.29) is 5.97 Å². The van der Waals surface area contributed by atoms with Crippen LogP contribution in [0.1, 0.15) is 27.9 Å². The third kappa shape index (κ3) is 3.31. The summed E-state index contributed by atoms with van der Waals surface area (Å²) in [7, 11) is 0. The minimum Gasteiger partial charge on any atom is -0.462 e. The predicted octanol–water partition coefficient (Wildman–Crippen LogP) is 2.18.